The monoisotopic (exact) mass is 1390 g/mol. The highest BCUT2D eigenvalue weighted by Crippen LogP contribution is 2.44. The molecular weight excluding hydrogens is 1310 g/mol. The number of halogens is 6. The van der Waals surface area contributed by atoms with Crippen molar-refractivity contribution in [2.75, 3.05) is 113 Å². The molecule has 0 atom stereocenters. The van der Waals surface area contributed by atoms with Crippen LogP contribution in [0.5, 0.6) is 0 Å². The molecule has 4 saturated heterocycles. The van der Waals surface area contributed by atoms with Gasteiger partial charge in [-0.05, 0) is 86.5 Å². The van der Waals surface area contributed by atoms with E-state index in [1.54, 1.807) is 46.7 Å². The number of H-pyrrole nitrogens is 1. The summed E-state index contributed by atoms with van der Waals surface area (Å²) in [6.07, 6.45) is -3.16. The highest BCUT2D eigenvalue weighted by Gasteiger charge is 2.45. The number of nitrogens with one attached hydrogen (secondary N) is 3. The van der Waals surface area contributed by atoms with Gasteiger partial charge in [0.2, 0.25) is 0 Å². The summed E-state index contributed by atoms with van der Waals surface area (Å²) in [5.41, 5.74) is 3.99. The van der Waals surface area contributed by atoms with Crippen LogP contribution >= 0.6 is 0 Å². The van der Waals surface area contributed by atoms with E-state index in [-0.39, 0.29) is 52.2 Å². The lowest BCUT2D eigenvalue weighted by Crippen LogP contribution is -2.57. The van der Waals surface area contributed by atoms with E-state index in [0.717, 1.165) is 31.7 Å². The first-order valence-corrected chi connectivity index (χ1v) is 39.3. The molecule has 3 N–H and O–H groups in total. The number of hydrogen-bond acceptors (Lipinski definition) is 18. The van der Waals surface area contributed by atoms with Gasteiger partial charge in [0.05, 0.1) is 90.6 Å². The Morgan fingerprint density at radius 2 is 1.08 bits per heavy atom. The van der Waals surface area contributed by atoms with Gasteiger partial charge in [-0.1, -0.05) is 53.7 Å². The number of aromatic nitrogens is 10. The van der Waals surface area contributed by atoms with Crippen LogP contribution in [-0.4, -0.2) is 192 Å². The molecule has 8 aromatic rings. The molecule has 96 heavy (non-hydrogen) atoms. The van der Waals surface area contributed by atoms with E-state index in [1.807, 2.05) is 27.7 Å². The fourth-order valence-electron chi connectivity index (χ4n) is 11.6. The van der Waals surface area contributed by atoms with Crippen LogP contribution in [0.1, 0.15) is 75.2 Å². The van der Waals surface area contributed by atoms with E-state index in [1.165, 1.54) is 38.8 Å². The standard InChI is InChI=1S/C33H46F3N9O4SSi.C31H41F3N8O2Si/c1-22-30(39-27-11-9-10-26(33(34,35)36)25(27)19-42-17-23(18-42)49-51(7,8)32(2,3)4)45-31(38-22)24(16-29(40-45)43-12-14-48-15-13-43)28-20-44(21-37-28)50(46,47)41(5)6;1-20-28(42-29(37-20)22(26-15-35-19-36-26)14-27(39-42)41-10-12-43-13-11-41)38-25-9-7-8-24(31(32,33)34)23(25)18-40-16-21(17-40)44-45(5,6)30(2,3)4/h9-11,16,20-21,23,39H,12-15,17-19H2,1-8H3;7-9,14-15,19,21,38H,10-13,16-18H2,1-6H3,(H,35,36). The van der Waals surface area contributed by atoms with E-state index < -0.39 is 50.3 Å². The van der Waals surface area contributed by atoms with Crippen molar-refractivity contribution < 1.29 is 53.1 Å². The first-order valence-electron chi connectivity index (χ1n) is 32.1. The Labute approximate surface area is 557 Å². The van der Waals surface area contributed by atoms with Crippen molar-refractivity contribution in [2.45, 2.75) is 129 Å². The van der Waals surface area contributed by atoms with E-state index >= 15 is 0 Å². The van der Waals surface area contributed by atoms with Crippen LogP contribution in [0.25, 0.3) is 33.8 Å². The number of alkyl halides is 6. The zero-order valence-electron chi connectivity index (χ0n) is 56.9. The molecule has 12 rings (SSSR count). The summed E-state index contributed by atoms with van der Waals surface area (Å²) >= 11 is 0. The predicted molar refractivity (Wildman–Crippen MR) is 362 cm³/mol. The average molecular weight is 1390 g/mol. The van der Waals surface area contributed by atoms with Gasteiger partial charge in [-0.2, -0.15) is 48.1 Å². The maximum absolute atomic E-state index is 14.5. The van der Waals surface area contributed by atoms with Gasteiger partial charge in [-0.3, -0.25) is 9.80 Å². The number of aryl methyl sites for hydroxylation is 2. The Morgan fingerprint density at radius 1 is 0.656 bits per heavy atom. The van der Waals surface area contributed by atoms with Crippen LogP contribution in [0.2, 0.25) is 36.3 Å². The molecule has 4 aliphatic rings. The summed E-state index contributed by atoms with van der Waals surface area (Å²) in [6, 6.07) is 12.2. The van der Waals surface area contributed by atoms with Gasteiger partial charge in [0.1, 0.15) is 6.33 Å². The lowest BCUT2D eigenvalue weighted by Gasteiger charge is -2.46. The number of anilines is 6. The molecule has 0 aliphatic carbocycles. The largest absolute Gasteiger partial charge is 0.416 e. The van der Waals surface area contributed by atoms with Gasteiger partial charge in [0.15, 0.2) is 51.2 Å². The molecule has 23 nitrogen and oxygen atoms in total. The second-order valence-electron chi connectivity index (χ2n) is 28.2. The highest BCUT2D eigenvalue weighted by atomic mass is 32.2. The number of imidazole rings is 4. The summed E-state index contributed by atoms with van der Waals surface area (Å²) in [4.78, 5) is 29.5. The second-order valence-corrected chi connectivity index (χ2v) is 39.8. The normalized spacial score (nSPS) is 17.1. The number of benzene rings is 2. The van der Waals surface area contributed by atoms with Gasteiger partial charge in [0.25, 0.3) is 0 Å². The molecule has 0 radical (unpaired) electrons. The fourth-order valence-corrected chi connectivity index (χ4v) is 15.0. The van der Waals surface area contributed by atoms with E-state index in [9.17, 15) is 34.8 Å². The zero-order chi connectivity index (χ0) is 69.2. The molecule has 2 aromatic carbocycles. The van der Waals surface area contributed by atoms with Crippen molar-refractivity contribution in [3.05, 3.63) is 107 Å². The van der Waals surface area contributed by atoms with Crippen LogP contribution in [-0.2, 0) is 54.0 Å². The second kappa shape index (κ2) is 26.7. The maximum atomic E-state index is 14.5. The Kier molecular flexibility index (Phi) is 19.5. The Morgan fingerprint density at radius 3 is 1.48 bits per heavy atom. The lowest BCUT2D eigenvalue weighted by molar-refractivity contribution is -0.139. The molecule has 0 unspecified atom stereocenters. The first-order chi connectivity index (χ1) is 45.0. The minimum absolute atomic E-state index is 0.0186. The summed E-state index contributed by atoms with van der Waals surface area (Å²) in [7, 11) is -4.99. The average Bonchev–Trinajstić information content (AvgIpc) is 1.55. The Hall–Kier alpha value is -7.02. The van der Waals surface area contributed by atoms with E-state index in [0.29, 0.717) is 142 Å². The molecule has 6 aromatic heterocycles. The molecule has 4 fully saturated rings. The molecule has 0 amide bonds. The van der Waals surface area contributed by atoms with Crippen molar-refractivity contribution in [3.8, 4) is 22.5 Å². The van der Waals surface area contributed by atoms with E-state index in [2.05, 4.69) is 98.2 Å². The summed E-state index contributed by atoms with van der Waals surface area (Å²) in [5.74, 6) is 2.16. The SMILES string of the molecule is Cc1nc2c(-c3cn(S(=O)(=O)N(C)C)cn3)cc(N3CCOCC3)nn2c1Nc1cccc(C(F)(F)F)c1CN1CC(O[Si](C)(C)C(C)(C)C)C1.Cc1nc2c(-c3cnc[nH]3)cc(N3CCOCC3)nn2c1Nc1cccc(C(F)(F)F)c1CN1CC(O[Si](C)(C)C(C)(C)C)C1. The molecule has 4 aliphatic heterocycles. The summed E-state index contributed by atoms with van der Waals surface area (Å²) < 4.78 is 142. The number of rotatable bonds is 18. The van der Waals surface area contributed by atoms with Crippen molar-refractivity contribution >= 4 is 72.8 Å². The number of hydrogen-bond donors (Lipinski definition) is 3. The molecular formula is C64H87F6N17O6SSi2. The summed E-state index contributed by atoms with van der Waals surface area (Å²) in [6.45, 7) is 32.5. The highest BCUT2D eigenvalue weighted by molar-refractivity contribution is 7.87. The number of fused-ring (bicyclic) bond motifs is 2. The van der Waals surface area contributed by atoms with Crippen molar-refractivity contribution in [2.24, 2.45) is 0 Å². The van der Waals surface area contributed by atoms with Crippen molar-refractivity contribution in [3.63, 3.8) is 0 Å². The minimum Gasteiger partial charge on any atom is -0.411 e. The number of aromatic amines is 1. The van der Waals surface area contributed by atoms with E-state index in [4.69, 9.17) is 38.5 Å². The first kappa shape index (κ1) is 70.3. The van der Waals surface area contributed by atoms with Gasteiger partial charge in [-0.25, -0.2) is 23.9 Å². The number of nitrogens with zero attached hydrogens (tertiary/aromatic N) is 14. The molecule has 10 heterocycles. The van der Waals surface area contributed by atoms with Gasteiger partial charge < -0.3 is 43.7 Å². The minimum atomic E-state index is -4.58. The van der Waals surface area contributed by atoms with Crippen LogP contribution in [0.4, 0.5) is 61.0 Å². The van der Waals surface area contributed by atoms with Gasteiger partial charge >= 0.3 is 22.6 Å². The van der Waals surface area contributed by atoms with Gasteiger partial charge in [0, 0.05) is 114 Å². The zero-order valence-corrected chi connectivity index (χ0v) is 59.7. The molecule has 32 heteroatoms. The van der Waals surface area contributed by atoms with Crippen molar-refractivity contribution in [1.82, 2.24) is 62.2 Å². The van der Waals surface area contributed by atoms with Gasteiger partial charge in [-0.15, -0.1) is 10.2 Å². The van der Waals surface area contributed by atoms with Crippen molar-refractivity contribution in [1.29, 1.82) is 0 Å². The lowest BCUT2D eigenvalue weighted by atomic mass is 10.0. The fraction of sp³-hybridized carbons (Fsp3) is 0.531. The van der Waals surface area contributed by atoms with Crippen LogP contribution < -0.4 is 20.4 Å². The smallest absolute Gasteiger partial charge is 0.411 e. The molecule has 520 valence electrons. The Bertz CT molecular complexity index is 4200. The molecule has 0 bridgehead atoms. The topological polar surface area (TPSA) is 218 Å². The maximum Gasteiger partial charge on any atom is 0.416 e. The summed E-state index contributed by atoms with van der Waals surface area (Å²) in [5, 5.41) is 16.5. The number of morpholine rings is 2. The predicted octanol–water partition coefficient (Wildman–Crippen LogP) is 11.6. The third-order valence-electron chi connectivity index (χ3n) is 19.1. The number of likely N-dealkylation sites (tertiary alicyclic amines) is 2. The van der Waals surface area contributed by atoms with Crippen LogP contribution in [0.15, 0.2) is 73.6 Å². The number of ether oxygens (including phenoxy) is 2. The molecule has 0 spiro atoms. The molecule has 0 saturated carbocycles. The quantitative estimate of drug-likeness (QED) is 0.0537. The third kappa shape index (κ3) is 14.7. The van der Waals surface area contributed by atoms with Crippen LogP contribution in [0, 0.1) is 13.8 Å². The Balaban J connectivity index is 0.000000197. The third-order valence-corrected chi connectivity index (χ3v) is 29.9. The van der Waals surface area contributed by atoms with Crippen LogP contribution in [0.3, 0.4) is 0 Å².